The number of ether oxygens (including phenoxy) is 1. The molecule has 0 aromatic rings. The molecule has 0 aliphatic carbocycles. The van der Waals surface area contributed by atoms with Gasteiger partial charge in [-0.15, -0.1) is 0 Å². The Hall–Kier alpha value is -1.14. The number of carboxylic acid groups (broad SMARTS) is 1. The number of carbonyl (C=O) groups excluding carboxylic acids is 1. The Kier molecular flexibility index (Phi) is 3.50. The fourth-order valence-corrected chi connectivity index (χ4v) is 1.75. The van der Waals surface area contributed by atoms with Crippen LogP contribution < -0.4 is 5.73 Å². The van der Waals surface area contributed by atoms with Gasteiger partial charge in [-0.05, 0) is 27.7 Å². The van der Waals surface area contributed by atoms with Crippen molar-refractivity contribution in [2.24, 2.45) is 5.73 Å². The Morgan fingerprint density at radius 2 is 2.00 bits per heavy atom. The number of hydrogen-bond donors (Lipinski definition) is 2. The molecule has 3 N–H and O–H groups in total. The third kappa shape index (κ3) is 3.17. The van der Waals surface area contributed by atoms with Crippen LogP contribution in [0.25, 0.3) is 0 Å². The number of hydrogen-bond acceptors (Lipinski definition) is 4. The van der Waals surface area contributed by atoms with E-state index in [1.54, 1.807) is 13.8 Å². The van der Waals surface area contributed by atoms with Gasteiger partial charge >= 0.3 is 5.97 Å². The van der Waals surface area contributed by atoms with E-state index < -0.39 is 23.2 Å². The van der Waals surface area contributed by atoms with Crippen LogP contribution >= 0.6 is 0 Å². The SMILES string of the molecule is CC1(C)CN(C(=O)C(C)(C)N)C(C(=O)O)CO1. The molecule has 1 atom stereocenters. The van der Waals surface area contributed by atoms with E-state index >= 15 is 0 Å². The average Bonchev–Trinajstić information content (AvgIpc) is 2.13. The third-order valence-corrected chi connectivity index (χ3v) is 2.66. The monoisotopic (exact) mass is 244 g/mol. The molecule has 1 fully saturated rings. The van der Waals surface area contributed by atoms with Crippen molar-refractivity contribution in [1.82, 2.24) is 4.90 Å². The van der Waals surface area contributed by atoms with E-state index in [0.29, 0.717) is 0 Å². The Morgan fingerprint density at radius 3 is 2.41 bits per heavy atom. The quantitative estimate of drug-likeness (QED) is 0.702. The van der Waals surface area contributed by atoms with Gasteiger partial charge in [-0.1, -0.05) is 0 Å². The number of carbonyl (C=O) groups is 2. The number of nitrogens with zero attached hydrogens (tertiary/aromatic N) is 1. The van der Waals surface area contributed by atoms with Gasteiger partial charge in [-0.3, -0.25) is 4.79 Å². The summed E-state index contributed by atoms with van der Waals surface area (Å²) in [5.41, 5.74) is 4.10. The van der Waals surface area contributed by atoms with Crippen molar-refractivity contribution in [3.05, 3.63) is 0 Å². The molecular weight excluding hydrogens is 224 g/mol. The molecule has 1 aliphatic rings. The number of aliphatic carboxylic acids is 1. The molecule has 0 saturated carbocycles. The predicted octanol–water partition coefficient (Wildman–Crippen LogP) is -0.186. The van der Waals surface area contributed by atoms with Gasteiger partial charge in [0.2, 0.25) is 5.91 Å². The van der Waals surface area contributed by atoms with Crippen LogP contribution in [-0.4, -0.2) is 52.2 Å². The third-order valence-electron chi connectivity index (χ3n) is 2.66. The summed E-state index contributed by atoms with van der Waals surface area (Å²) in [4.78, 5) is 24.5. The molecule has 1 aliphatic heterocycles. The van der Waals surface area contributed by atoms with E-state index in [0.717, 1.165) is 0 Å². The molecule has 0 aromatic carbocycles. The maximum absolute atomic E-state index is 12.1. The van der Waals surface area contributed by atoms with E-state index in [2.05, 4.69) is 0 Å². The first-order chi connectivity index (χ1) is 7.54. The summed E-state index contributed by atoms with van der Waals surface area (Å²) in [6.45, 7) is 6.98. The highest BCUT2D eigenvalue weighted by Crippen LogP contribution is 2.23. The second-order valence-electron chi connectivity index (χ2n) is 5.58. The van der Waals surface area contributed by atoms with Crippen molar-refractivity contribution in [3.8, 4) is 0 Å². The normalized spacial score (nSPS) is 24.5. The van der Waals surface area contributed by atoms with E-state index in [9.17, 15) is 9.59 Å². The van der Waals surface area contributed by atoms with E-state index in [1.165, 1.54) is 4.90 Å². The molecule has 1 unspecified atom stereocenters. The molecule has 1 saturated heterocycles. The minimum atomic E-state index is -1.08. The Bertz CT molecular complexity index is 333. The van der Waals surface area contributed by atoms with Crippen molar-refractivity contribution in [3.63, 3.8) is 0 Å². The van der Waals surface area contributed by atoms with E-state index in [4.69, 9.17) is 15.6 Å². The molecule has 0 radical (unpaired) electrons. The molecule has 0 bridgehead atoms. The molecule has 1 heterocycles. The minimum Gasteiger partial charge on any atom is -0.480 e. The molecule has 0 spiro atoms. The summed E-state index contributed by atoms with van der Waals surface area (Å²) >= 11 is 0. The zero-order chi connectivity index (χ0) is 13.4. The van der Waals surface area contributed by atoms with Gasteiger partial charge < -0.3 is 20.5 Å². The largest absolute Gasteiger partial charge is 0.480 e. The molecule has 1 rings (SSSR count). The molecule has 6 nitrogen and oxygen atoms in total. The van der Waals surface area contributed by atoms with Crippen LogP contribution in [0.2, 0.25) is 0 Å². The van der Waals surface area contributed by atoms with E-state index in [-0.39, 0.29) is 19.1 Å². The summed E-state index contributed by atoms with van der Waals surface area (Å²) in [6, 6.07) is -0.960. The Labute approximate surface area is 101 Å². The summed E-state index contributed by atoms with van der Waals surface area (Å²) in [7, 11) is 0. The minimum absolute atomic E-state index is 0.00977. The highest BCUT2D eigenvalue weighted by molar-refractivity contribution is 5.89. The van der Waals surface area contributed by atoms with Gasteiger partial charge in [0, 0.05) is 0 Å². The molecule has 6 heteroatoms. The topological polar surface area (TPSA) is 92.9 Å². The first-order valence-corrected chi connectivity index (χ1v) is 5.51. The molecule has 17 heavy (non-hydrogen) atoms. The number of rotatable bonds is 2. The second-order valence-corrected chi connectivity index (χ2v) is 5.58. The lowest BCUT2D eigenvalue weighted by Gasteiger charge is -2.43. The highest BCUT2D eigenvalue weighted by atomic mass is 16.5. The fourth-order valence-electron chi connectivity index (χ4n) is 1.75. The van der Waals surface area contributed by atoms with Crippen LogP contribution in [-0.2, 0) is 14.3 Å². The Balaban J connectivity index is 2.97. The number of nitrogens with two attached hydrogens (primary N) is 1. The first-order valence-electron chi connectivity index (χ1n) is 5.51. The summed E-state index contributed by atoms with van der Waals surface area (Å²) < 4.78 is 5.42. The maximum Gasteiger partial charge on any atom is 0.328 e. The van der Waals surface area contributed by atoms with Crippen LogP contribution in [0.15, 0.2) is 0 Å². The fraction of sp³-hybridized carbons (Fsp3) is 0.818. The summed E-state index contributed by atoms with van der Waals surface area (Å²) in [5.74, 6) is -1.45. The van der Waals surface area contributed by atoms with Crippen LogP contribution in [0, 0.1) is 0 Å². The zero-order valence-corrected chi connectivity index (χ0v) is 10.7. The summed E-state index contributed by atoms with van der Waals surface area (Å²) in [5, 5.41) is 9.08. The van der Waals surface area contributed by atoms with Gasteiger partial charge in [-0.2, -0.15) is 0 Å². The van der Waals surface area contributed by atoms with Gasteiger partial charge in [0.1, 0.15) is 0 Å². The number of morpholine rings is 1. The molecular formula is C11H20N2O4. The van der Waals surface area contributed by atoms with Crippen molar-refractivity contribution < 1.29 is 19.4 Å². The smallest absolute Gasteiger partial charge is 0.328 e. The first kappa shape index (κ1) is 13.9. The highest BCUT2D eigenvalue weighted by Gasteiger charge is 2.43. The zero-order valence-electron chi connectivity index (χ0n) is 10.7. The lowest BCUT2D eigenvalue weighted by molar-refractivity contribution is -0.174. The lowest BCUT2D eigenvalue weighted by Crippen LogP contribution is -2.64. The number of carboxylic acids is 1. The van der Waals surface area contributed by atoms with Crippen molar-refractivity contribution in [1.29, 1.82) is 0 Å². The molecule has 1 amide bonds. The van der Waals surface area contributed by atoms with Crippen LogP contribution in [0.5, 0.6) is 0 Å². The molecule has 0 aromatic heterocycles. The van der Waals surface area contributed by atoms with Crippen molar-refractivity contribution >= 4 is 11.9 Å². The standard InChI is InChI=1S/C11H20N2O4/c1-10(2)6-13(9(16)11(3,4)12)7(5-17-10)8(14)15/h7H,5-6,12H2,1-4H3,(H,14,15). The van der Waals surface area contributed by atoms with Crippen LogP contribution in [0.4, 0.5) is 0 Å². The maximum atomic E-state index is 12.1. The number of amides is 1. The molecule has 98 valence electrons. The Morgan fingerprint density at radius 1 is 1.47 bits per heavy atom. The van der Waals surface area contributed by atoms with Crippen LogP contribution in [0.3, 0.4) is 0 Å². The van der Waals surface area contributed by atoms with Crippen LogP contribution in [0.1, 0.15) is 27.7 Å². The van der Waals surface area contributed by atoms with E-state index in [1.807, 2.05) is 13.8 Å². The average molecular weight is 244 g/mol. The summed E-state index contributed by atoms with van der Waals surface area (Å²) in [6.07, 6.45) is 0. The predicted molar refractivity (Wildman–Crippen MR) is 61.4 cm³/mol. The van der Waals surface area contributed by atoms with Crippen molar-refractivity contribution in [2.75, 3.05) is 13.2 Å². The van der Waals surface area contributed by atoms with Gasteiger partial charge in [0.15, 0.2) is 6.04 Å². The van der Waals surface area contributed by atoms with Crippen molar-refractivity contribution in [2.45, 2.75) is 44.9 Å². The lowest BCUT2D eigenvalue weighted by atomic mass is 9.99. The van der Waals surface area contributed by atoms with Gasteiger partial charge in [-0.25, -0.2) is 4.79 Å². The van der Waals surface area contributed by atoms with Gasteiger partial charge in [0.25, 0.3) is 0 Å². The van der Waals surface area contributed by atoms with Gasteiger partial charge in [0.05, 0.1) is 24.3 Å². The second kappa shape index (κ2) is 4.27.